The van der Waals surface area contributed by atoms with Crippen LogP contribution in [0.2, 0.25) is 0 Å². The lowest BCUT2D eigenvalue weighted by atomic mass is 10.0. The number of carbonyl (C=O) groups excluding carboxylic acids is 1. The van der Waals surface area contributed by atoms with E-state index in [4.69, 9.17) is 9.84 Å². The molecular formula is C11H19NO5. The minimum absolute atomic E-state index is 0.0790. The molecule has 1 aliphatic rings. The normalized spacial score (nSPS) is 25.1. The minimum atomic E-state index is -1.08. The maximum absolute atomic E-state index is 12.0. The third-order valence-electron chi connectivity index (χ3n) is 3.01. The number of rotatable bonds is 4. The van der Waals surface area contributed by atoms with E-state index < -0.39 is 23.7 Å². The highest BCUT2D eigenvalue weighted by atomic mass is 16.5. The summed E-state index contributed by atoms with van der Waals surface area (Å²) >= 11 is 0. The molecule has 98 valence electrons. The maximum atomic E-state index is 12.0. The van der Waals surface area contributed by atoms with E-state index in [1.54, 1.807) is 13.8 Å². The summed E-state index contributed by atoms with van der Waals surface area (Å²) < 4.78 is 5.13. The minimum Gasteiger partial charge on any atom is -0.480 e. The van der Waals surface area contributed by atoms with E-state index in [2.05, 4.69) is 0 Å². The Balaban J connectivity index is 2.71. The molecule has 1 fully saturated rings. The second-order valence-corrected chi connectivity index (χ2v) is 4.93. The number of methoxy groups -OCH3 is 1. The summed E-state index contributed by atoms with van der Waals surface area (Å²) in [5, 5.41) is 18.4. The van der Waals surface area contributed by atoms with Gasteiger partial charge in [0.1, 0.15) is 6.04 Å². The van der Waals surface area contributed by atoms with E-state index in [0.29, 0.717) is 0 Å². The summed E-state index contributed by atoms with van der Waals surface area (Å²) in [6, 6.07) is -0.926. The molecule has 6 heteroatoms. The van der Waals surface area contributed by atoms with Crippen LogP contribution in [0.4, 0.5) is 0 Å². The van der Waals surface area contributed by atoms with Gasteiger partial charge in [-0.15, -0.1) is 0 Å². The van der Waals surface area contributed by atoms with Crippen LogP contribution in [0, 0.1) is 0 Å². The standard InChI is InChI=1S/C11H19NO5/c1-11(2,17-3)5-9(14)12-6-7(13)4-8(12)10(15)16/h7-8,13H,4-6H2,1-3H3,(H,15,16)/t7-,8-/m1/s1. The van der Waals surface area contributed by atoms with Crippen LogP contribution in [0.1, 0.15) is 26.7 Å². The fourth-order valence-corrected chi connectivity index (χ4v) is 1.86. The molecule has 0 aliphatic carbocycles. The number of carbonyl (C=O) groups is 2. The highest BCUT2D eigenvalue weighted by molar-refractivity contribution is 5.85. The summed E-state index contributed by atoms with van der Waals surface area (Å²) in [5.41, 5.74) is -0.631. The quantitative estimate of drug-likeness (QED) is 0.719. The molecule has 2 atom stereocenters. The molecule has 1 rings (SSSR count). The van der Waals surface area contributed by atoms with Gasteiger partial charge in [0.2, 0.25) is 5.91 Å². The lowest BCUT2D eigenvalue weighted by Gasteiger charge is -2.27. The van der Waals surface area contributed by atoms with Gasteiger partial charge < -0.3 is 19.8 Å². The first-order chi connectivity index (χ1) is 7.76. The van der Waals surface area contributed by atoms with Crippen LogP contribution in [0.25, 0.3) is 0 Å². The number of likely N-dealkylation sites (tertiary alicyclic amines) is 1. The van der Waals surface area contributed by atoms with Crippen LogP contribution in [-0.4, -0.2) is 58.4 Å². The Morgan fingerprint density at radius 3 is 2.53 bits per heavy atom. The lowest BCUT2D eigenvalue weighted by molar-refractivity contribution is -0.150. The average Bonchev–Trinajstić information content (AvgIpc) is 2.60. The van der Waals surface area contributed by atoms with Gasteiger partial charge in [-0.05, 0) is 13.8 Å². The summed E-state index contributed by atoms with van der Waals surface area (Å²) in [7, 11) is 1.50. The largest absolute Gasteiger partial charge is 0.480 e. The molecule has 2 N–H and O–H groups in total. The predicted molar refractivity (Wildman–Crippen MR) is 59.5 cm³/mol. The number of nitrogens with zero attached hydrogens (tertiary/aromatic N) is 1. The molecule has 0 aromatic heterocycles. The van der Waals surface area contributed by atoms with Crippen LogP contribution >= 0.6 is 0 Å². The van der Waals surface area contributed by atoms with Gasteiger partial charge in [-0.25, -0.2) is 4.79 Å². The van der Waals surface area contributed by atoms with Crippen molar-refractivity contribution in [2.45, 2.75) is 44.4 Å². The molecule has 1 aliphatic heterocycles. The Hall–Kier alpha value is -1.14. The number of amides is 1. The van der Waals surface area contributed by atoms with Gasteiger partial charge in [0.15, 0.2) is 0 Å². The molecule has 0 radical (unpaired) electrons. The zero-order chi connectivity index (χ0) is 13.2. The van der Waals surface area contributed by atoms with Crippen LogP contribution in [0.3, 0.4) is 0 Å². The van der Waals surface area contributed by atoms with Crippen molar-refractivity contribution in [3.8, 4) is 0 Å². The average molecular weight is 245 g/mol. The fraction of sp³-hybridized carbons (Fsp3) is 0.818. The van der Waals surface area contributed by atoms with Crippen molar-refractivity contribution in [1.82, 2.24) is 4.90 Å². The second-order valence-electron chi connectivity index (χ2n) is 4.93. The third-order valence-corrected chi connectivity index (χ3v) is 3.01. The number of aliphatic hydroxyl groups excluding tert-OH is 1. The first-order valence-electron chi connectivity index (χ1n) is 5.52. The molecule has 1 amide bonds. The molecule has 0 bridgehead atoms. The van der Waals surface area contributed by atoms with Crippen LogP contribution < -0.4 is 0 Å². The maximum Gasteiger partial charge on any atom is 0.326 e. The summed E-state index contributed by atoms with van der Waals surface area (Å²) in [6.45, 7) is 3.59. The number of aliphatic carboxylic acids is 1. The van der Waals surface area contributed by atoms with E-state index in [-0.39, 0.29) is 25.3 Å². The van der Waals surface area contributed by atoms with Crippen LogP contribution in [-0.2, 0) is 14.3 Å². The number of carboxylic acids is 1. The van der Waals surface area contributed by atoms with Gasteiger partial charge in [0.25, 0.3) is 0 Å². The smallest absolute Gasteiger partial charge is 0.326 e. The molecule has 0 aromatic rings. The number of carboxylic acid groups (broad SMARTS) is 1. The van der Waals surface area contributed by atoms with Gasteiger partial charge in [0.05, 0.1) is 18.1 Å². The Morgan fingerprint density at radius 2 is 2.06 bits per heavy atom. The molecule has 0 unspecified atom stereocenters. The van der Waals surface area contributed by atoms with E-state index in [1.165, 1.54) is 12.0 Å². The van der Waals surface area contributed by atoms with Gasteiger partial charge in [-0.2, -0.15) is 0 Å². The van der Waals surface area contributed by atoms with E-state index in [0.717, 1.165) is 0 Å². The first kappa shape index (κ1) is 13.9. The number of β-amino-alcohol motifs (C(OH)–C–C–N with tert-alkyl or cyclic N) is 1. The van der Waals surface area contributed by atoms with Crippen molar-refractivity contribution >= 4 is 11.9 Å². The lowest BCUT2D eigenvalue weighted by Crippen LogP contribution is -2.43. The first-order valence-corrected chi connectivity index (χ1v) is 5.52. The van der Waals surface area contributed by atoms with Gasteiger partial charge in [-0.3, -0.25) is 4.79 Å². The van der Waals surface area contributed by atoms with Crippen molar-refractivity contribution in [1.29, 1.82) is 0 Å². The Kier molecular flexibility index (Phi) is 4.11. The van der Waals surface area contributed by atoms with Crippen LogP contribution in [0.15, 0.2) is 0 Å². The van der Waals surface area contributed by atoms with E-state index in [1.807, 2.05) is 0 Å². The molecule has 17 heavy (non-hydrogen) atoms. The molecular weight excluding hydrogens is 226 g/mol. The number of hydrogen-bond acceptors (Lipinski definition) is 4. The van der Waals surface area contributed by atoms with Gasteiger partial charge >= 0.3 is 5.97 Å². The molecule has 6 nitrogen and oxygen atoms in total. The number of hydrogen-bond donors (Lipinski definition) is 2. The van der Waals surface area contributed by atoms with Crippen molar-refractivity contribution in [2.24, 2.45) is 0 Å². The molecule has 0 saturated carbocycles. The van der Waals surface area contributed by atoms with Gasteiger partial charge in [0, 0.05) is 20.1 Å². The number of ether oxygens (including phenoxy) is 1. The Morgan fingerprint density at radius 1 is 1.47 bits per heavy atom. The summed E-state index contributed by atoms with van der Waals surface area (Å²) in [5.74, 6) is -1.38. The van der Waals surface area contributed by atoms with Crippen molar-refractivity contribution in [2.75, 3.05) is 13.7 Å². The SMILES string of the molecule is COC(C)(C)CC(=O)N1C[C@H](O)C[C@@H]1C(=O)O. The number of aliphatic hydroxyl groups is 1. The highest BCUT2D eigenvalue weighted by Gasteiger charge is 2.40. The zero-order valence-corrected chi connectivity index (χ0v) is 10.3. The molecule has 1 saturated heterocycles. The van der Waals surface area contributed by atoms with Crippen LogP contribution in [0.5, 0.6) is 0 Å². The third kappa shape index (κ3) is 3.41. The van der Waals surface area contributed by atoms with E-state index >= 15 is 0 Å². The monoisotopic (exact) mass is 245 g/mol. The Bertz CT molecular complexity index is 315. The van der Waals surface area contributed by atoms with E-state index in [9.17, 15) is 14.7 Å². The fourth-order valence-electron chi connectivity index (χ4n) is 1.86. The zero-order valence-electron chi connectivity index (χ0n) is 10.3. The second kappa shape index (κ2) is 5.01. The Labute approximate surface area is 100 Å². The molecule has 1 heterocycles. The molecule has 0 aromatic carbocycles. The van der Waals surface area contributed by atoms with Crippen molar-refractivity contribution in [3.63, 3.8) is 0 Å². The summed E-state index contributed by atoms with van der Waals surface area (Å²) in [4.78, 5) is 24.1. The predicted octanol–water partition coefficient (Wildman–Crippen LogP) is -0.152. The highest BCUT2D eigenvalue weighted by Crippen LogP contribution is 2.22. The van der Waals surface area contributed by atoms with Crippen molar-refractivity contribution < 1.29 is 24.5 Å². The van der Waals surface area contributed by atoms with Crippen molar-refractivity contribution in [3.05, 3.63) is 0 Å². The topological polar surface area (TPSA) is 87.1 Å². The molecule has 0 spiro atoms. The summed E-state index contributed by atoms with van der Waals surface area (Å²) in [6.07, 6.45) is -0.570. The van der Waals surface area contributed by atoms with Gasteiger partial charge in [-0.1, -0.05) is 0 Å².